The first-order valence-electron chi connectivity index (χ1n) is 6.61. The molecule has 0 spiro atoms. The first kappa shape index (κ1) is 16.7. The summed E-state index contributed by atoms with van der Waals surface area (Å²) in [6.45, 7) is 7.49. The molecule has 1 aromatic rings. The number of anilines is 1. The molecular weight excluding hydrogens is 276 g/mol. The maximum atomic E-state index is 12.0. The van der Waals surface area contributed by atoms with Crippen LogP contribution in [0.15, 0.2) is 17.0 Å². The third kappa shape index (κ3) is 4.05. The zero-order valence-electron chi connectivity index (χ0n) is 12.4. The second-order valence-electron chi connectivity index (χ2n) is 5.14. The summed E-state index contributed by atoms with van der Waals surface area (Å²) in [5.41, 5.74) is 2.12. The van der Waals surface area contributed by atoms with Crippen LogP contribution in [-0.2, 0) is 14.8 Å². The van der Waals surface area contributed by atoms with Crippen molar-refractivity contribution in [1.82, 2.24) is 0 Å². The lowest BCUT2D eigenvalue weighted by Gasteiger charge is -2.15. The van der Waals surface area contributed by atoms with Crippen molar-refractivity contribution in [2.24, 2.45) is 11.1 Å². The van der Waals surface area contributed by atoms with Gasteiger partial charge in [-0.2, -0.15) is 0 Å². The van der Waals surface area contributed by atoms with Gasteiger partial charge in [-0.25, -0.2) is 13.6 Å². The molecule has 1 unspecified atom stereocenters. The van der Waals surface area contributed by atoms with E-state index in [0.717, 1.165) is 24.0 Å². The van der Waals surface area contributed by atoms with E-state index in [1.54, 1.807) is 6.92 Å². The molecule has 112 valence electrons. The Bertz CT molecular complexity index is 609. The van der Waals surface area contributed by atoms with Gasteiger partial charge in [0.25, 0.3) is 0 Å². The second kappa shape index (κ2) is 6.37. The summed E-state index contributed by atoms with van der Waals surface area (Å²) in [5, 5.41) is 7.93. The molecule has 5 nitrogen and oxygen atoms in total. The largest absolute Gasteiger partial charge is 0.326 e. The van der Waals surface area contributed by atoms with Gasteiger partial charge >= 0.3 is 0 Å². The molecule has 0 radical (unpaired) electrons. The van der Waals surface area contributed by atoms with Crippen LogP contribution in [0.2, 0.25) is 0 Å². The Hall–Kier alpha value is -1.40. The van der Waals surface area contributed by atoms with Crippen molar-refractivity contribution in [3.63, 3.8) is 0 Å². The van der Waals surface area contributed by atoms with Crippen LogP contribution in [0, 0.1) is 19.8 Å². The summed E-state index contributed by atoms with van der Waals surface area (Å²) < 4.78 is 22.9. The van der Waals surface area contributed by atoms with Crippen molar-refractivity contribution >= 4 is 21.6 Å². The van der Waals surface area contributed by atoms with Crippen molar-refractivity contribution in [1.29, 1.82) is 0 Å². The summed E-state index contributed by atoms with van der Waals surface area (Å²) in [6, 6.07) is 2.92. The molecule has 0 fully saturated rings. The van der Waals surface area contributed by atoms with Crippen molar-refractivity contribution in [3.8, 4) is 0 Å². The van der Waals surface area contributed by atoms with E-state index in [-0.39, 0.29) is 16.7 Å². The number of carbonyl (C=O) groups is 1. The molecule has 1 amide bonds. The first-order valence-corrected chi connectivity index (χ1v) is 8.16. The molecule has 0 aliphatic carbocycles. The van der Waals surface area contributed by atoms with Crippen molar-refractivity contribution in [2.45, 2.75) is 45.4 Å². The highest BCUT2D eigenvalue weighted by Gasteiger charge is 2.16. The van der Waals surface area contributed by atoms with Crippen LogP contribution in [0.3, 0.4) is 0 Å². The standard InChI is InChI=1S/C14H22N2O3S/c1-5-6-9(2)14(17)16-13-8-12(20(15,18)19)7-10(3)11(13)4/h7-9H,5-6H2,1-4H3,(H,16,17)(H2,15,18,19). The minimum Gasteiger partial charge on any atom is -0.326 e. The number of nitrogens with one attached hydrogen (secondary N) is 1. The van der Waals surface area contributed by atoms with Gasteiger partial charge in [0.2, 0.25) is 15.9 Å². The molecule has 1 rings (SSSR count). The molecule has 0 aromatic heterocycles. The summed E-state index contributed by atoms with van der Waals surface area (Å²) in [7, 11) is -3.78. The van der Waals surface area contributed by atoms with Crippen LogP contribution in [0.1, 0.15) is 37.8 Å². The van der Waals surface area contributed by atoms with Crippen LogP contribution in [0.5, 0.6) is 0 Å². The zero-order chi connectivity index (χ0) is 15.5. The van der Waals surface area contributed by atoms with Gasteiger partial charge in [-0.1, -0.05) is 20.3 Å². The quantitative estimate of drug-likeness (QED) is 0.874. The van der Waals surface area contributed by atoms with Gasteiger partial charge in [-0.15, -0.1) is 0 Å². The van der Waals surface area contributed by atoms with E-state index in [1.165, 1.54) is 12.1 Å². The van der Waals surface area contributed by atoms with E-state index in [0.29, 0.717) is 5.69 Å². The molecule has 1 atom stereocenters. The number of amides is 1. The molecule has 0 saturated carbocycles. The Balaban J connectivity index is 3.12. The summed E-state index contributed by atoms with van der Waals surface area (Å²) in [5.74, 6) is -0.223. The van der Waals surface area contributed by atoms with Crippen LogP contribution in [0.25, 0.3) is 0 Å². The molecule has 0 heterocycles. The summed E-state index contributed by atoms with van der Waals surface area (Å²) in [6.07, 6.45) is 1.71. The van der Waals surface area contributed by atoms with Gasteiger partial charge in [-0.3, -0.25) is 4.79 Å². The molecule has 1 aromatic carbocycles. The maximum Gasteiger partial charge on any atom is 0.238 e. The third-order valence-corrected chi connectivity index (χ3v) is 4.29. The van der Waals surface area contributed by atoms with Crippen LogP contribution in [-0.4, -0.2) is 14.3 Å². The SMILES string of the molecule is CCCC(C)C(=O)Nc1cc(S(N)(=O)=O)cc(C)c1C. The average Bonchev–Trinajstić information content (AvgIpc) is 2.33. The number of sulfonamides is 1. The monoisotopic (exact) mass is 298 g/mol. The minimum absolute atomic E-state index is 0.0130. The van der Waals surface area contributed by atoms with Crippen LogP contribution < -0.4 is 10.5 Å². The highest BCUT2D eigenvalue weighted by molar-refractivity contribution is 7.89. The number of carbonyl (C=O) groups excluding carboxylic acids is 1. The van der Waals surface area contributed by atoms with Crippen LogP contribution >= 0.6 is 0 Å². The average molecular weight is 298 g/mol. The molecule has 0 aliphatic heterocycles. The Labute approximate surface area is 120 Å². The second-order valence-corrected chi connectivity index (χ2v) is 6.70. The number of aryl methyl sites for hydroxylation is 1. The molecule has 20 heavy (non-hydrogen) atoms. The lowest BCUT2D eigenvalue weighted by molar-refractivity contribution is -0.119. The number of hydrogen-bond acceptors (Lipinski definition) is 3. The van der Waals surface area contributed by atoms with Crippen molar-refractivity contribution < 1.29 is 13.2 Å². The Morgan fingerprint density at radius 2 is 1.95 bits per heavy atom. The van der Waals surface area contributed by atoms with Gasteiger partial charge in [-0.05, 0) is 43.5 Å². The Morgan fingerprint density at radius 1 is 1.35 bits per heavy atom. The molecule has 3 N–H and O–H groups in total. The van der Waals surface area contributed by atoms with E-state index >= 15 is 0 Å². The molecule has 0 bridgehead atoms. The smallest absolute Gasteiger partial charge is 0.238 e. The van der Waals surface area contributed by atoms with Gasteiger partial charge in [0.15, 0.2) is 0 Å². The van der Waals surface area contributed by atoms with E-state index < -0.39 is 10.0 Å². The predicted molar refractivity (Wildman–Crippen MR) is 80.0 cm³/mol. The maximum absolute atomic E-state index is 12.0. The number of rotatable bonds is 5. The highest BCUT2D eigenvalue weighted by atomic mass is 32.2. The van der Waals surface area contributed by atoms with Gasteiger partial charge in [0.1, 0.15) is 0 Å². The molecular formula is C14H22N2O3S. The fourth-order valence-corrected chi connectivity index (χ4v) is 2.56. The minimum atomic E-state index is -3.78. The van der Waals surface area contributed by atoms with Crippen molar-refractivity contribution in [2.75, 3.05) is 5.32 Å². The van der Waals surface area contributed by atoms with E-state index in [4.69, 9.17) is 5.14 Å². The van der Waals surface area contributed by atoms with Gasteiger partial charge in [0, 0.05) is 11.6 Å². The number of benzene rings is 1. The summed E-state index contributed by atoms with van der Waals surface area (Å²) in [4.78, 5) is 12.0. The zero-order valence-corrected chi connectivity index (χ0v) is 13.2. The lowest BCUT2D eigenvalue weighted by Crippen LogP contribution is -2.21. The molecule has 0 aliphatic rings. The Kier molecular flexibility index (Phi) is 5.30. The fraction of sp³-hybridized carbons (Fsp3) is 0.500. The molecule has 0 saturated heterocycles. The number of primary sulfonamides is 1. The van der Waals surface area contributed by atoms with Crippen molar-refractivity contribution in [3.05, 3.63) is 23.3 Å². The lowest BCUT2D eigenvalue weighted by atomic mass is 10.0. The first-order chi connectivity index (χ1) is 9.16. The van der Waals surface area contributed by atoms with Gasteiger partial charge < -0.3 is 5.32 Å². The van der Waals surface area contributed by atoms with E-state index in [1.807, 2.05) is 20.8 Å². The Morgan fingerprint density at radius 3 is 2.45 bits per heavy atom. The third-order valence-electron chi connectivity index (χ3n) is 3.40. The van der Waals surface area contributed by atoms with Crippen LogP contribution in [0.4, 0.5) is 5.69 Å². The number of hydrogen-bond donors (Lipinski definition) is 2. The molecule has 6 heteroatoms. The highest BCUT2D eigenvalue weighted by Crippen LogP contribution is 2.24. The predicted octanol–water partition coefficient (Wildman–Crippen LogP) is 2.33. The van der Waals surface area contributed by atoms with E-state index in [2.05, 4.69) is 5.32 Å². The topological polar surface area (TPSA) is 89.3 Å². The normalized spacial score (nSPS) is 13.1. The van der Waals surface area contributed by atoms with E-state index in [9.17, 15) is 13.2 Å². The van der Waals surface area contributed by atoms with Gasteiger partial charge in [0.05, 0.1) is 4.90 Å². The number of nitrogens with two attached hydrogens (primary N) is 1. The summed E-state index contributed by atoms with van der Waals surface area (Å²) >= 11 is 0. The fourth-order valence-electron chi connectivity index (χ4n) is 1.94.